The fraction of sp³-hybridized carbons (Fsp3) is 0.381. The molecule has 4 aliphatic rings. The molecule has 1 amide bonds. The minimum Gasteiger partial charge on any atom is -0.339 e. The molecule has 2 aromatic carbocycles. The van der Waals surface area contributed by atoms with Crippen LogP contribution >= 0.6 is 15.9 Å². The number of carbonyl (C=O) groups excluding carboxylic acids is 1. The van der Waals surface area contributed by atoms with Gasteiger partial charge in [0, 0.05) is 17.6 Å². The maximum absolute atomic E-state index is 13.1. The average molecular weight is 386 g/mol. The zero-order valence-corrected chi connectivity index (χ0v) is 16.0. The Balaban J connectivity index is 2.05. The van der Waals surface area contributed by atoms with Crippen molar-refractivity contribution in [2.45, 2.75) is 39.5 Å². The molecule has 0 heterocycles. The van der Waals surface area contributed by atoms with Crippen LogP contribution in [0.1, 0.15) is 46.5 Å². The molecule has 4 bridgehead atoms. The second-order valence-corrected chi connectivity index (χ2v) is 7.16. The molecule has 2 aromatic rings. The van der Waals surface area contributed by atoms with Crippen molar-refractivity contribution in [1.29, 1.82) is 0 Å². The van der Waals surface area contributed by atoms with E-state index in [4.69, 9.17) is 0 Å². The quantitative estimate of drug-likeness (QED) is 0.741. The van der Waals surface area contributed by atoms with Crippen LogP contribution in [0, 0.1) is 0 Å². The van der Waals surface area contributed by atoms with Crippen LogP contribution in [0.15, 0.2) is 40.9 Å². The third-order valence-corrected chi connectivity index (χ3v) is 5.87. The Hall–Kier alpha value is -1.61. The van der Waals surface area contributed by atoms with Gasteiger partial charge in [-0.15, -0.1) is 0 Å². The number of hydrogen-bond acceptors (Lipinski definition) is 1. The summed E-state index contributed by atoms with van der Waals surface area (Å²) in [6.45, 7) is 5.56. The summed E-state index contributed by atoms with van der Waals surface area (Å²) in [5.74, 6) is 0.148. The van der Waals surface area contributed by atoms with Crippen LogP contribution in [-0.4, -0.2) is 23.9 Å². The molecule has 24 heavy (non-hydrogen) atoms. The van der Waals surface area contributed by atoms with Gasteiger partial charge in [-0.3, -0.25) is 4.79 Å². The second kappa shape index (κ2) is 7.52. The van der Waals surface area contributed by atoms with E-state index in [1.807, 2.05) is 18.7 Å². The Morgan fingerprint density at radius 3 is 1.92 bits per heavy atom. The summed E-state index contributed by atoms with van der Waals surface area (Å²) in [5, 5.41) is 0. The van der Waals surface area contributed by atoms with Gasteiger partial charge in [-0.05, 0) is 77.7 Å². The normalized spacial score (nSPS) is 13.5. The number of carbonyl (C=O) groups is 1. The average Bonchev–Trinajstić information content (AvgIpc) is 2.59. The monoisotopic (exact) mass is 385 g/mol. The van der Waals surface area contributed by atoms with E-state index in [-0.39, 0.29) is 5.91 Å². The van der Waals surface area contributed by atoms with Gasteiger partial charge in [0.2, 0.25) is 0 Å². The lowest BCUT2D eigenvalue weighted by atomic mass is 9.93. The van der Waals surface area contributed by atoms with Gasteiger partial charge in [0.25, 0.3) is 5.91 Å². The fourth-order valence-electron chi connectivity index (χ4n) is 3.39. The predicted molar refractivity (Wildman–Crippen MR) is 103 cm³/mol. The lowest BCUT2D eigenvalue weighted by Crippen LogP contribution is -2.31. The zero-order valence-electron chi connectivity index (χ0n) is 14.4. The predicted octanol–water partition coefficient (Wildman–Crippen LogP) is 4.81. The number of amides is 1. The van der Waals surface area contributed by atoms with Crippen molar-refractivity contribution in [3.05, 3.63) is 68.7 Å². The molecule has 0 spiro atoms. The standard InChI is InChI=1S/C21H24BrNO/c1-3-23(4-2)21(24)19-17-11-9-15-5-7-16(8-6-15)10-12-18(14-13-17)20(19)22/h5-8,13-14H,3-4,9-12H2,1-2H3. The van der Waals surface area contributed by atoms with Gasteiger partial charge >= 0.3 is 0 Å². The van der Waals surface area contributed by atoms with Crippen molar-refractivity contribution >= 4 is 21.8 Å². The lowest BCUT2D eigenvalue weighted by Gasteiger charge is -2.23. The number of nitrogens with zero attached hydrogens (tertiary/aromatic N) is 1. The molecule has 0 aliphatic heterocycles. The Bertz CT molecular complexity index is 732. The number of benzene rings is 2. The van der Waals surface area contributed by atoms with Crippen LogP contribution in [0.4, 0.5) is 0 Å². The van der Waals surface area contributed by atoms with Crippen LogP contribution in [0.3, 0.4) is 0 Å². The summed E-state index contributed by atoms with van der Waals surface area (Å²) in [4.78, 5) is 15.0. The van der Waals surface area contributed by atoms with Gasteiger partial charge in [-0.2, -0.15) is 0 Å². The topological polar surface area (TPSA) is 20.3 Å². The van der Waals surface area contributed by atoms with E-state index in [1.54, 1.807) is 0 Å². The highest BCUT2D eigenvalue weighted by Crippen LogP contribution is 2.29. The van der Waals surface area contributed by atoms with Crippen molar-refractivity contribution in [3.8, 4) is 0 Å². The molecule has 0 unspecified atom stereocenters. The van der Waals surface area contributed by atoms with E-state index in [0.717, 1.165) is 54.4 Å². The van der Waals surface area contributed by atoms with Crippen LogP contribution in [0.2, 0.25) is 0 Å². The third kappa shape index (κ3) is 3.41. The first kappa shape index (κ1) is 17.2. The molecule has 126 valence electrons. The molecule has 0 N–H and O–H groups in total. The summed E-state index contributed by atoms with van der Waals surface area (Å²) in [7, 11) is 0. The number of aryl methyl sites for hydroxylation is 4. The summed E-state index contributed by atoms with van der Waals surface area (Å²) < 4.78 is 0.993. The number of halogens is 1. The van der Waals surface area contributed by atoms with E-state index in [0.29, 0.717) is 0 Å². The second-order valence-electron chi connectivity index (χ2n) is 6.37. The van der Waals surface area contributed by atoms with Crippen molar-refractivity contribution in [2.24, 2.45) is 0 Å². The van der Waals surface area contributed by atoms with E-state index in [2.05, 4.69) is 52.3 Å². The molecule has 0 atom stereocenters. The van der Waals surface area contributed by atoms with Gasteiger partial charge in [0.15, 0.2) is 0 Å². The van der Waals surface area contributed by atoms with Crippen LogP contribution < -0.4 is 0 Å². The molecule has 0 saturated carbocycles. The lowest BCUT2D eigenvalue weighted by molar-refractivity contribution is 0.0771. The zero-order chi connectivity index (χ0) is 17.1. The first-order valence-corrected chi connectivity index (χ1v) is 9.60. The Kier molecular flexibility index (Phi) is 5.40. The molecule has 3 heteroatoms. The maximum atomic E-state index is 13.1. The van der Waals surface area contributed by atoms with Crippen LogP contribution in [0.5, 0.6) is 0 Å². The van der Waals surface area contributed by atoms with Crippen LogP contribution in [0.25, 0.3) is 0 Å². The molecule has 4 aliphatic carbocycles. The summed E-state index contributed by atoms with van der Waals surface area (Å²) >= 11 is 3.75. The highest BCUT2D eigenvalue weighted by atomic mass is 79.9. The van der Waals surface area contributed by atoms with Gasteiger partial charge in [-0.25, -0.2) is 0 Å². The minimum atomic E-state index is 0.148. The summed E-state index contributed by atoms with van der Waals surface area (Å²) in [6, 6.07) is 13.3. The third-order valence-electron chi connectivity index (χ3n) is 4.96. The van der Waals surface area contributed by atoms with Crippen molar-refractivity contribution in [2.75, 3.05) is 13.1 Å². The van der Waals surface area contributed by atoms with E-state index < -0.39 is 0 Å². The molecule has 0 aromatic heterocycles. The van der Waals surface area contributed by atoms with E-state index >= 15 is 0 Å². The molecule has 0 saturated heterocycles. The van der Waals surface area contributed by atoms with Crippen LogP contribution in [-0.2, 0) is 25.7 Å². The summed E-state index contributed by atoms with van der Waals surface area (Å²) in [5.41, 5.74) is 5.92. The molecule has 0 radical (unpaired) electrons. The van der Waals surface area contributed by atoms with Gasteiger partial charge in [-0.1, -0.05) is 36.4 Å². The largest absolute Gasteiger partial charge is 0.339 e. The Morgan fingerprint density at radius 1 is 0.875 bits per heavy atom. The van der Waals surface area contributed by atoms with Crippen molar-refractivity contribution in [1.82, 2.24) is 4.90 Å². The van der Waals surface area contributed by atoms with Gasteiger partial charge in [0.1, 0.15) is 0 Å². The number of hydrogen-bond donors (Lipinski definition) is 0. The molecule has 2 nitrogen and oxygen atoms in total. The molecular weight excluding hydrogens is 362 g/mol. The van der Waals surface area contributed by atoms with E-state index in [1.165, 1.54) is 16.7 Å². The van der Waals surface area contributed by atoms with Crippen molar-refractivity contribution in [3.63, 3.8) is 0 Å². The molecule has 0 fully saturated rings. The van der Waals surface area contributed by atoms with Gasteiger partial charge < -0.3 is 4.90 Å². The smallest absolute Gasteiger partial charge is 0.255 e. The number of rotatable bonds is 3. The van der Waals surface area contributed by atoms with Gasteiger partial charge in [0.05, 0.1) is 5.56 Å². The van der Waals surface area contributed by atoms with E-state index in [9.17, 15) is 4.79 Å². The Morgan fingerprint density at radius 2 is 1.38 bits per heavy atom. The molecular formula is C21H24BrNO. The highest BCUT2D eigenvalue weighted by Gasteiger charge is 2.22. The maximum Gasteiger partial charge on any atom is 0.255 e. The van der Waals surface area contributed by atoms with Crippen molar-refractivity contribution < 1.29 is 4.79 Å². The Labute approximate surface area is 153 Å². The first-order chi connectivity index (χ1) is 11.6. The molecule has 6 rings (SSSR count). The minimum absolute atomic E-state index is 0.148. The fourth-order valence-corrected chi connectivity index (χ4v) is 4.15. The summed E-state index contributed by atoms with van der Waals surface area (Å²) in [6.07, 6.45) is 3.79. The first-order valence-electron chi connectivity index (χ1n) is 8.81. The SMILES string of the molecule is CCN(CC)C(=O)c1c2ccc(c1Br)CCc1ccc(cc1)CC2. The highest BCUT2D eigenvalue weighted by molar-refractivity contribution is 9.10.